The van der Waals surface area contributed by atoms with Gasteiger partial charge >= 0.3 is 0 Å². The van der Waals surface area contributed by atoms with Crippen molar-refractivity contribution in [2.24, 2.45) is 0 Å². The lowest BCUT2D eigenvalue weighted by Gasteiger charge is -2.36. The number of halogens is 1. The summed E-state index contributed by atoms with van der Waals surface area (Å²) in [5.74, 6) is 0. The summed E-state index contributed by atoms with van der Waals surface area (Å²) in [6.45, 7) is 7.66. The highest BCUT2D eigenvalue weighted by Gasteiger charge is 2.21. The van der Waals surface area contributed by atoms with Crippen LogP contribution in [-0.4, -0.2) is 25.7 Å². The second kappa shape index (κ2) is 6.44. The third-order valence-electron chi connectivity index (χ3n) is 3.61. The molecule has 0 bridgehead atoms. The quantitative estimate of drug-likeness (QED) is 0.896. The fraction of sp³-hybridized carbons (Fsp3) is 0.600. The first-order valence-electron chi connectivity index (χ1n) is 6.95. The van der Waals surface area contributed by atoms with Gasteiger partial charge in [-0.1, -0.05) is 30.7 Å². The van der Waals surface area contributed by atoms with E-state index in [1.54, 1.807) is 0 Å². The maximum Gasteiger partial charge on any atom is 0.0642 e. The Morgan fingerprint density at radius 2 is 2.28 bits per heavy atom. The van der Waals surface area contributed by atoms with E-state index < -0.39 is 0 Å². The van der Waals surface area contributed by atoms with Crippen LogP contribution in [0.3, 0.4) is 0 Å². The molecule has 1 unspecified atom stereocenters. The summed E-state index contributed by atoms with van der Waals surface area (Å²) in [6, 6.07) is 6.77. The molecular weight excluding hydrogens is 244 g/mol. The summed E-state index contributed by atoms with van der Waals surface area (Å²) in [5, 5.41) is 4.51. The van der Waals surface area contributed by atoms with Crippen molar-refractivity contribution in [3.63, 3.8) is 0 Å². The molecule has 1 aromatic carbocycles. The lowest BCUT2D eigenvalue weighted by molar-refractivity contribution is 0.423. The summed E-state index contributed by atoms with van der Waals surface area (Å²) in [4.78, 5) is 2.44. The van der Waals surface area contributed by atoms with Crippen molar-refractivity contribution in [3.05, 3.63) is 28.8 Å². The Morgan fingerprint density at radius 1 is 1.44 bits per heavy atom. The number of benzene rings is 1. The van der Waals surface area contributed by atoms with Crippen molar-refractivity contribution >= 4 is 17.3 Å². The molecule has 1 aliphatic heterocycles. The molecule has 0 saturated carbocycles. The molecule has 1 saturated heterocycles. The number of para-hydroxylation sites is 1. The van der Waals surface area contributed by atoms with Crippen molar-refractivity contribution in [2.75, 3.05) is 24.5 Å². The maximum atomic E-state index is 6.35. The van der Waals surface area contributed by atoms with Gasteiger partial charge in [0.05, 0.1) is 10.7 Å². The minimum atomic E-state index is 0.606. The minimum Gasteiger partial charge on any atom is -0.369 e. The Morgan fingerprint density at radius 3 is 3.00 bits per heavy atom. The number of hydrogen-bond acceptors (Lipinski definition) is 2. The number of aryl methyl sites for hydroxylation is 1. The Balaban J connectivity index is 2.08. The Labute approximate surface area is 115 Å². The van der Waals surface area contributed by atoms with Crippen LogP contribution in [-0.2, 0) is 0 Å². The highest BCUT2D eigenvalue weighted by molar-refractivity contribution is 6.33. The van der Waals surface area contributed by atoms with Crippen molar-refractivity contribution < 1.29 is 0 Å². The number of piperidine rings is 1. The highest BCUT2D eigenvalue weighted by atomic mass is 35.5. The first-order chi connectivity index (χ1) is 8.72. The van der Waals surface area contributed by atoms with E-state index in [0.717, 1.165) is 24.7 Å². The molecule has 18 heavy (non-hydrogen) atoms. The smallest absolute Gasteiger partial charge is 0.0642 e. The van der Waals surface area contributed by atoms with E-state index in [-0.39, 0.29) is 0 Å². The average molecular weight is 267 g/mol. The number of anilines is 1. The fourth-order valence-corrected chi connectivity index (χ4v) is 3.06. The zero-order chi connectivity index (χ0) is 13.0. The predicted molar refractivity (Wildman–Crippen MR) is 79.7 cm³/mol. The molecule has 1 atom stereocenters. The topological polar surface area (TPSA) is 15.3 Å². The van der Waals surface area contributed by atoms with Crippen LogP contribution >= 0.6 is 11.6 Å². The van der Waals surface area contributed by atoms with Gasteiger partial charge in [0.25, 0.3) is 0 Å². The summed E-state index contributed by atoms with van der Waals surface area (Å²) >= 11 is 6.35. The van der Waals surface area contributed by atoms with Crippen LogP contribution in [0.15, 0.2) is 18.2 Å². The maximum absolute atomic E-state index is 6.35. The molecule has 0 radical (unpaired) electrons. The molecule has 2 nitrogen and oxygen atoms in total. The van der Waals surface area contributed by atoms with Crippen LogP contribution in [0.5, 0.6) is 0 Å². The Bertz CT molecular complexity index is 372. The molecule has 0 aliphatic carbocycles. The monoisotopic (exact) mass is 266 g/mol. The van der Waals surface area contributed by atoms with Gasteiger partial charge in [0.1, 0.15) is 0 Å². The normalized spacial score (nSPS) is 20.2. The Hall–Kier alpha value is -0.730. The van der Waals surface area contributed by atoms with Gasteiger partial charge in [-0.05, 0) is 44.4 Å². The van der Waals surface area contributed by atoms with Crippen LogP contribution in [0.2, 0.25) is 5.02 Å². The lowest BCUT2D eigenvalue weighted by atomic mass is 10.0. The van der Waals surface area contributed by atoms with Gasteiger partial charge in [0, 0.05) is 19.1 Å². The standard InChI is InChI=1S/C15H23ClN2/c1-3-9-17-13-7-5-10-18(11-13)15-12(2)6-4-8-14(15)16/h4,6,8,13,17H,3,5,7,9-11H2,1-2H3. The lowest BCUT2D eigenvalue weighted by Crippen LogP contribution is -2.46. The number of hydrogen-bond donors (Lipinski definition) is 1. The van der Waals surface area contributed by atoms with E-state index >= 15 is 0 Å². The largest absolute Gasteiger partial charge is 0.369 e. The van der Waals surface area contributed by atoms with E-state index in [1.165, 1.54) is 30.5 Å². The molecule has 1 N–H and O–H groups in total. The summed E-state index contributed by atoms with van der Waals surface area (Å²) in [7, 11) is 0. The average Bonchev–Trinajstić information content (AvgIpc) is 2.37. The molecule has 3 heteroatoms. The van der Waals surface area contributed by atoms with E-state index in [9.17, 15) is 0 Å². The molecule has 1 heterocycles. The van der Waals surface area contributed by atoms with Gasteiger partial charge in [-0.3, -0.25) is 0 Å². The molecule has 0 amide bonds. The molecule has 1 aliphatic rings. The zero-order valence-electron chi connectivity index (χ0n) is 11.4. The van der Waals surface area contributed by atoms with Gasteiger partial charge in [-0.2, -0.15) is 0 Å². The predicted octanol–water partition coefficient (Wildman–Crippen LogP) is 3.62. The van der Waals surface area contributed by atoms with Gasteiger partial charge in [0.2, 0.25) is 0 Å². The van der Waals surface area contributed by atoms with Gasteiger partial charge in [-0.15, -0.1) is 0 Å². The third-order valence-corrected chi connectivity index (χ3v) is 3.91. The molecule has 0 aromatic heterocycles. The van der Waals surface area contributed by atoms with Crippen molar-refractivity contribution in [2.45, 2.75) is 39.2 Å². The first kappa shape index (κ1) is 13.7. The second-order valence-corrected chi connectivity index (χ2v) is 5.55. The molecule has 100 valence electrons. The van der Waals surface area contributed by atoms with Crippen LogP contribution in [0.25, 0.3) is 0 Å². The second-order valence-electron chi connectivity index (χ2n) is 5.14. The molecule has 1 fully saturated rings. The van der Waals surface area contributed by atoms with Crippen molar-refractivity contribution in [1.29, 1.82) is 0 Å². The van der Waals surface area contributed by atoms with Gasteiger partial charge in [0.15, 0.2) is 0 Å². The number of nitrogens with zero attached hydrogens (tertiary/aromatic N) is 1. The van der Waals surface area contributed by atoms with Gasteiger partial charge in [-0.25, -0.2) is 0 Å². The Kier molecular flexibility index (Phi) is 4.90. The van der Waals surface area contributed by atoms with E-state index in [1.807, 2.05) is 12.1 Å². The number of nitrogens with one attached hydrogen (secondary N) is 1. The van der Waals surface area contributed by atoms with E-state index in [2.05, 4.69) is 30.1 Å². The van der Waals surface area contributed by atoms with Gasteiger partial charge < -0.3 is 10.2 Å². The van der Waals surface area contributed by atoms with Crippen LogP contribution in [0.1, 0.15) is 31.7 Å². The SMILES string of the molecule is CCCNC1CCCN(c2c(C)cccc2Cl)C1. The number of rotatable bonds is 4. The molecule has 1 aromatic rings. The minimum absolute atomic E-state index is 0.606. The van der Waals surface area contributed by atoms with E-state index in [0.29, 0.717) is 6.04 Å². The fourth-order valence-electron chi connectivity index (χ4n) is 2.72. The zero-order valence-corrected chi connectivity index (χ0v) is 12.1. The summed E-state index contributed by atoms with van der Waals surface area (Å²) < 4.78 is 0. The van der Waals surface area contributed by atoms with Crippen molar-refractivity contribution in [3.8, 4) is 0 Å². The highest BCUT2D eigenvalue weighted by Crippen LogP contribution is 2.31. The van der Waals surface area contributed by atoms with Crippen molar-refractivity contribution in [1.82, 2.24) is 5.32 Å². The first-order valence-corrected chi connectivity index (χ1v) is 7.33. The van der Waals surface area contributed by atoms with Crippen LogP contribution in [0.4, 0.5) is 5.69 Å². The molecule has 0 spiro atoms. The summed E-state index contributed by atoms with van der Waals surface area (Å²) in [5.41, 5.74) is 2.50. The summed E-state index contributed by atoms with van der Waals surface area (Å²) in [6.07, 6.45) is 3.72. The third kappa shape index (κ3) is 3.18. The molecule has 2 rings (SSSR count). The van der Waals surface area contributed by atoms with E-state index in [4.69, 9.17) is 11.6 Å². The van der Waals surface area contributed by atoms with Crippen LogP contribution in [0, 0.1) is 6.92 Å². The van der Waals surface area contributed by atoms with Crippen LogP contribution < -0.4 is 10.2 Å². The molecular formula is C15H23ClN2.